The molecule has 0 N–H and O–H groups in total. The third kappa shape index (κ3) is 3.87. The topological polar surface area (TPSA) is 63.2 Å². The van der Waals surface area contributed by atoms with Gasteiger partial charge in [0.1, 0.15) is 16.8 Å². The molecule has 0 fully saturated rings. The predicted octanol–water partition coefficient (Wildman–Crippen LogP) is 5.38. The van der Waals surface area contributed by atoms with Crippen LogP contribution in [-0.4, -0.2) is 21.7 Å². The van der Waals surface area contributed by atoms with Crippen molar-refractivity contribution in [2.45, 2.75) is 39.0 Å². The Kier molecular flexibility index (Phi) is 3.28. The molecule has 3 heterocycles. The average molecular weight is 416 g/mol. The van der Waals surface area contributed by atoms with E-state index in [9.17, 15) is 9.59 Å². The molecule has 148 valence electrons. The van der Waals surface area contributed by atoms with Crippen LogP contribution in [0.5, 0.6) is 0 Å². The molecule has 4 rings (SSSR count). The molecule has 1 aliphatic rings. The third-order valence-electron chi connectivity index (χ3n) is 4.60. The van der Waals surface area contributed by atoms with Gasteiger partial charge in [0.15, 0.2) is 5.65 Å². The molecule has 0 saturated carbocycles. The zero-order valence-corrected chi connectivity index (χ0v) is 16.2. The maximum Gasteiger partial charge on any atom is 0.260 e. The van der Waals surface area contributed by atoms with Crippen molar-refractivity contribution >= 4 is 40.1 Å². The van der Waals surface area contributed by atoms with Crippen molar-refractivity contribution in [3.05, 3.63) is 64.8 Å². The van der Waals surface area contributed by atoms with E-state index in [-0.39, 0.29) is 22.2 Å². The molecule has 0 bridgehead atoms. The molecule has 0 saturated heterocycles. The lowest BCUT2D eigenvalue weighted by Gasteiger charge is -2.24. The molecule has 2 unspecified atom stereocenters. The van der Waals surface area contributed by atoms with E-state index in [0.29, 0.717) is 10.9 Å². The van der Waals surface area contributed by atoms with E-state index in [4.69, 9.17) is 22.6 Å². The smallest absolute Gasteiger partial charge is 0.260 e. The standard InChI is InChI=1S/C23H22ClN3O2/c1-14(2)7-10-16(28)13-19-17-5-3-4-6-18(17)23(29)27(19)21-12-9-15-8-11-20(24)25-22(15)26-21/h3-6,8-9,11-12,14,19H,7,10,13H2,1-2H3/i1D3,7D2,10D2,14D. The summed E-state index contributed by atoms with van der Waals surface area (Å²) in [7, 11) is 0. The van der Waals surface area contributed by atoms with Crippen LogP contribution in [0.2, 0.25) is 5.15 Å². The fourth-order valence-corrected chi connectivity index (χ4v) is 3.49. The lowest BCUT2D eigenvalue weighted by molar-refractivity contribution is -0.119. The zero-order valence-electron chi connectivity index (χ0n) is 23.4. The molecule has 5 nitrogen and oxygen atoms in total. The number of Topliss-reactive ketones (excluding diaryl/α,β-unsaturated/α-hetero) is 1. The van der Waals surface area contributed by atoms with Crippen molar-refractivity contribution < 1.29 is 20.6 Å². The molecular weight excluding hydrogens is 386 g/mol. The molecule has 0 spiro atoms. The van der Waals surface area contributed by atoms with Crippen molar-refractivity contribution in [2.24, 2.45) is 5.89 Å². The molecular formula is C23H22ClN3O2. The minimum absolute atomic E-state index is 0.123. The van der Waals surface area contributed by atoms with E-state index in [1.807, 2.05) is 0 Å². The summed E-state index contributed by atoms with van der Waals surface area (Å²) in [5.41, 5.74) is 0.911. The van der Waals surface area contributed by atoms with Gasteiger partial charge in [-0.2, -0.15) is 0 Å². The molecule has 2 atom stereocenters. The summed E-state index contributed by atoms with van der Waals surface area (Å²) in [4.78, 5) is 36.5. The highest BCUT2D eigenvalue weighted by molar-refractivity contribution is 6.29. The summed E-state index contributed by atoms with van der Waals surface area (Å²) >= 11 is 5.98. The van der Waals surface area contributed by atoms with Crippen LogP contribution in [-0.2, 0) is 4.79 Å². The van der Waals surface area contributed by atoms with Crippen LogP contribution < -0.4 is 4.90 Å². The number of carbonyl (C=O) groups is 2. The van der Waals surface area contributed by atoms with Gasteiger partial charge in [-0.05, 0) is 48.2 Å². The Morgan fingerprint density at radius 1 is 1.28 bits per heavy atom. The summed E-state index contributed by atoms with van der Waals surface area (Å²) in [5, 5.41) is 0.830. The van der Waals surface area contributed by atoms with Gasteiger partial charge in [0, 0.05) is 34.7 Å². The van der Waals surface area contributed by atoms with Crippen LogP contribution in [0, 0.1) is 5.89 Å². The number of benzene rings is 1. The number of amides is 1. The van der Waals surface area contributed by atoms with Crippen molar-refractivity contribution in [3.8, 4) is 0 Å². The first-order chi connectivity index (χ1) is 17.0. The number of aromatic nitrogens is 2. The van der Waals surface area contributed by atoms with Crippen molar-refractivity contribution in [2.75, 3.05) is 4.90 Å². The van der Waals surface area contributed by atoms with E-state index >= 15 is 0 Å². The first-order valence-corrected chi connectivity index (χ1v) is 9.27. The number of hydrogen-bond acceptors (Lipinski definition) is 4. The molecule has 2 aromatic heterocycles. The average Bonchev–Trinajstić information content (AvgIpc) is 3.09. The minimum Gasteiger partial charge on any atom is -0.300 e. The monoisotopic (exact) mass is 415 g/mol. The second-order valence-electron chi connectivity index (χ2n) is 6.63. The Hall–Kier alpha value is -2.79. The number of carbonyl (C=O) groups excluding carboxylic acids is 2. The molecule has 1 aromatic carbocycles. The Balaban J connectivity index is 1.77. The van der Waals surface area contributed by atoms with Gasteiger partial charge in [0.25, 0.3) is 5.91 Å². The number of anilines is 1. The van der Waals surface area contributed by atoms with Crippen LogP contribution in [0.15, 0.2) is 48.5 Å². The Morgan fingerprint density at radius 2 is 2.07 bits per heavy atom. The number of fused-ring (bicyclic) bond motifs is 2. The SMILES string of the molecule is [2H]C([2H])([2H])C([2H])(C)C([2H])([2H])C([2H])([2H])C(=O)CC1c2ccccc2C(=O)N1c1ccc2ccc(Cl)nc2n1. The van der Waals surface area contributed by atoms with Crippen LogP contribution in [0.1, 0.15) is 65.9 Å². The summed E-state index contributed by atoms with van der Waals surface area (Å²) in [6, 6.07) is 11.9. The first kappa shape index (κ1) is 12.0. The molecule has 6 heteroatoms. The molecule has 1 aliphatic heterocycles. The van der Waals surface area contributed by atoms with E-state index in [0.717, 1.165) is 6.92 Å². The van der Waals surface area contributed by atoms with Crippen LogP contribution in [0.4, 0.5) is 5.82 Å². The number of halogens is 1. The quantitative estimate of drug-likeness (QED) is 0.507. The maximum atomic E-state index is 13.4. The lowest BCUT2D eigenvalue weighted by atomic mass is 9.97. The number of hydrogen-bond donors (Lipinski definition) is 0. The molecule has 3 aromatic rings. The van der Waals surface area contributed by atoms with Gasteiger partial charge in [-0.25, -0.2) is 9.97 Å². The van der Waals surface area contributed by atoms with Crippen molar-refractivity contribution in [1.29, 1.82) is 0 Å². The van der Waals surface area contributed by atoms with Gasteiger partial charge in [-0.3, -0.25) is 14.5 Å². The van der Waals surface area contributed by atoms with Gasteiger partial charge in [-0.15, -0.1) is 0 Å². The summed E-state index contributed by atoms with van der Waals surface area (Å²) < 4.78 is 63.7. The Bertz CT molecular complexity index is 1410. The molecule has 29 heavy (non-hydrogen) atoms. The van der Waals surface area contributed by atoms with E-state index in [1.54, 1.807) is 48.5 Å². The molecule has 0 aliphatic carbocycles. The van der Waals surface area contributed by atoms with E-state index < -0.39 is 49.6 Å². The van der Waals surface area contributed by atoms with Gasteiger partial charge in [-0.1, -0.05) is 43.6 Å². The zero-order chi connectivity index (χ0) is 27.6. The predicted molar refractivity (Wildman–Crippen MR) is 114 cm³/mol. The van der Waals surface area contributed by atoms with Crippen molar-refractivity contribution in [1.82, 2.24) is 9.97 Å². The fraction of sp³-hybridized carbons (Fsp3) is 0.304. The summed E-state index contributed by atoms with van der Waals surface area (Å²) in [6.45, 7) is -2.47. The Labute approximate surface area is 186 Å². The van der Waals surface area contributed by atoms with Gasteiger partial charge < -0.3 is 0 Å². The third-order valence-corrected chi connectivity index (χ3v) is 4.81. The normalized spacial score (nSPS) is 23.4. The maximum absolute atomic E-state index is 13.4. The van der Waals surface area contributed by atoms with E-state index in [2.05, 4.69) is 9.97 Å². The van der Waals surface area contributed by atoms with E-state index in [1.165, 1.54) is 4.90 Å². The number of pyridine rings is 2. The minimum atomic E-state index is -3.39. The van der Waals surface area contributed by atoms with Crippen LogP contribution in [0.3, 0.4) is 0 Å². The Morgan fingerprint density at radius 3 is 2.90 bits per heavy atom. The second-order valence-corrected chi connectivity index (χ2v) is 7.02. The highest BCUT2D eigenvalue weighted by atomic mass is 35.5. The number of rotatable bonds is 6. The number of nitrogens with zero attached hydrogens (tertiary/aromatic N) is 3. The summed E-state index contributed by atoms with van der Waals surface area (Å²) in [5.74, 6) is -4.61. The van der Waals surface area contributed by atoms with Crippen LogP contribution in [0.25, 0.3) is 11.0 Å². The molecule has 1 amide bonds. The number of ketones is 1. The van der Waals surface area contributed by atoms with Gasteiger partial charge in [0.2, 0.25) is 0 Å². The largest absolute Gasteiger partial charge is 0.300 e. The fourth-order valence-electron chi connectivity index (χ4n) is 3.35. The first-order valence-electron chi connectivity index (χ1n) is 12.9. The second kappa shape index (κ2) is 7.91. The van der Waals surface area contributed by atoms with Crippen LogP contribution >= 0.6 is 11.6 Å². The lowest BCUT2D eigenvalue weighted by Crippen LogP contribution is -2.30. The highest BCUT2D eigenvalue weighted by Crippen LogP contribution is 2.39. The highest BCUT2D eigenvalue weighted by Gasteiger charge is 2.39. The van der Waals surface area contributed by atoms with Crippen molar-refractivity contribution in [3.63, 3.8) is 0 Å². The van der Waals surface area contributed by atoms with Gasteiger partial charge in [0.05, 0.1) is 6.04 Å². The summed E-state index contributed by atoms with van der Waals surface area (Å²) in [6.07, 6.45) is -7.44. The van der Waals surface area contributed by atoms with Gasteiger partial charge >= 0.3 is 0 Å². The molecule has 0 radical (unpaired) electrons.